The summed E-state index contributed by atoms with van der Waals surface area (Å²) >= 11 is 0. The molecule has 4 nitrogen and oxygen atoms in total. The maximum atomic E-state index is 13.4. The normalized spacial score (nSPS) is 10.4. The summed E-state index contributed by atoms with van der Waals surface area (Å²) in [4.78, 5) is 23.2. The van der Waals surface area contributed by atoms with Gasteiger partial charge in [0, 0.05) is 12.0 Å². The van der Waals surface area contributed by atoms with E-state index in [1.54, 1.807) is 0 Å². The van der Waals surface area contributed by atoms with E-state index < -0.39 is 5.82 Å². The number of halogens is 1. The maximum absolute atomic E-state index is 13.4. The molecule has 0 aliphatic carbocycles. The number of nitrogens with one attached hydrogen (secondary N) is 1. The highest BCUT2D eigenvalue weighted by molar-refractivity contribution is 5.99. The Labute approximate surface area is 112 Å². The zero-order valence-corrected chi connectivity index (χ0v) is 11.3. The predicted octanol–water partition coefficient (Wildman–Crippen LogP) is 2.18. The molecule has 0 saturated carbocycles. The molecule has 0 spiro atoms. The topological polar surface area (TPSA) is 55.4 Å². The first-order valence-corrected chi connectivity index (χ1v) is 6.07. The second kappa shape index (κ2) is 6.87. The summed E-state index contributed by atoms with van der Waals surface area (Å²) < 4.78 is 18.2. The van der Waals surface area contributed by atoms with Gasteiger partial charge < -0.3 is 10.1 Å². The summed E-state index contributed by atoms with van der Waals surface area (Å²) in [6.45, 7) is 3.71. The SMILES string of the molecule is COc1ccc(C(=O)CNC(=O)CC(C)C)cc1F. The minimum absolute atomic E-state index is 0.0837. The van der Waals surface area contributed by atoms with E-state index in [2.05, 4.69) is 5.32 Å². The molecular formula is C14H18FNO3. The Morgan fingerprint density at radius 3 is 2.58 bits per heavy atom. The number of benzene rings is 1. The quantitative estimate of drug-likeness (QED) is 0.804. The number of carbonyl (C=O) groups excluding carboxylic acids is 2. The lowest BCUT2D eigenvalue weighted by Gasteiger charge is -2.07. The van der Waals surface area contributed by atoms with Crippen LogP contribution in [0, 0.1) is 11.7 Å². The summed E-state index contributed by atoms with van der Waals surface area (Å²) in [5, 5.41) is 2.52. The first-order valence-electron chi connectivity index (χ1n) is 6.07. The molecule has 0 radical (unpaired) electrons. The van der Waals surface area contributed by atoms with Crippen molar-refractivity contribution in [3.63, 3.8) is 0 Å². The highest BCUT2D eigenvalue weighted by atomic mass is 19.1. The van der Waals surface area contributed by atoms with Crippen molar-refractivity contribution in [2.75, 3.05) is 13.7 Å². The number of hydrogen-bond donors (Lipinski definition) is 1. The van der Waals surface area contributed by atoms with Gasteiger partial charge in [0.2, 0.25) is 5.91 Å². The number of methoxy groups -OCH3 is 1. The van der Waals surface area contributed by atoms with Crippen molar-refractivity contribution >= 4 is 11.7 Å². The van der Waals surface area contributed by atoms with Crippen molar-refractivity contribution in [3.05, 3.63) is 29.6 Å². The van der Waals surface area contributed by atoms with Crippen LogP contribution < -0.4 is 10.1 Å². The molecule has 1 rings (SSSR count). The number of hydrogen-bond acceptors (Lipinski definition) is 3. The van der Waals surface area contributed by atoms with Gasteiger partial charge in [-0.1, -0.05) is 13.8 Å². The summed E-state index contributed by atoms with van der Waals surface area (Å²) in [5.74, 6) is -0.799. The summed E-state index contributed by atoms with van der Waals surface area (Å²) in [6, 6.07) is 3.97. The largest absolute Gasteiger partial charge is 0.494 e. The highest BCUT2D eigenvalue weighted by Crippen LogP contribution is 2.17. The number of Topliss-reactive ketones (excluding diaryl/α,β-unsaturated/α-hetero) is 1. The number of ether oxygens (including phenoxy) is 1. The van der Waals surface area contributed by atoms with E-state index in [0.717, 1.165) is 6.07 Å². The van der Waals surface area contributed by atoms with Crippen molar-refractivity contribution < 1.29 is 18.7 Å². The zero-order chi connectivity index (χ0) is 14.4. The zero-order valence-electron chi connectivity index (χ0n) is 11.3. The van der Waals surface area contributed by atoms with Crippen LogP contribution in [-0.4, -0.2) is 25.3 Å². The van der Waals surface area contributed by atoms with E-state index in [1.807, 2.05) is 13.8 Å². The van der Waals surface area contributed by atoms with Gasteiger partial charge in [-0.05, 0) is 24.1 Å². The van der Waals surface area contributed by atoms with Crippen molar-refractivity contribution in [1.82, 2.24) is 5.32 Å². The fourth-order valence-corrected chi connectivity index (χ4v) is 1.56. The Morgan fingerprint density at radius 1 is 1.37 bits per heavy atom. The average Bonchev–Trinajstić information content (AvgIpc) is 2.35. The molecule has 0 unspecified atom stereocenters. The molecule has 0 bridgehead atoms. The predicted molar refractivity (Wildman–Crippen MR) is 69.7 cm³/mol. The van der Waals surface area contributed by atoms with Crippen LogP contribution in [0.3, 0.4) is 0 Å². The van der Waals surface area contributed by atoms with Gasteiger partial charge in [0.05, 0.1) is 13.7 Å². The fourth-order valence-electron chi connectivity index (χ4n) is 1.56. The second-order valence-corrected chi connectivity index (χ2v) is 4.65. The number of amides is 1. The van der Waals surface area contributed by atoms with Crippen LogP contribution in [0.1, 0.15) is 30.6 Å². The van der Waals surface area contributed by atoms with Crippen LogP contribution in [0.4, 0.5) is 4.39 Å². The van der Waals surface area contributed by atoms with Crippen LogP contribution in [0.25, 0.3) is 0 Å². The average molecular weight is 267 g/mol. The van der Waals surface area contributed by atoms with Gasteiger partial charge >= 0.3 is 0 Å². The lowest BCUT2D eigenvalue weighted by molar-refractivity contribution is -0.121. The van der Waals surface area contributed by atoms with Gasteiger partial charge in [0.1, 0.15) is 0 Å². The summed E-state index contributed by atoms with van der Waals surface area (Å²) in [5.41, 5.74) is 0.211. The molecule has 1 amide bonds. The van der Waals surface area contributed by atoms with Gasteiger partial charge in [-0.3, -0.25) is 9.59 Å². The van der Waals surface area contributed by atoms with Crippen molar-refractivity contribution in [2.45, 2.75) is 20.3 Å². The molecule has 19 heavy (non-hydrogen) atoms. The Kier molecular flexibility index (Phi) is 5.48. The van der Waals surface area contributed by atoms with Crippen LogP contribution >= 0.6 is 0 Å². The van der Waals surface area contributed by atoms with E-state index in [9.17, 15) is 14.0 Å². The molecule has 0 fully saturated rings. The number of ketones is 1. The number of rotatable bonds is 6. The molecule has 1 N–H and O–H groups in total. The Hall–Kier alpha value is -1.91. The Balaban J connectivity index is 2.59. The molecule has 5 heteroatoms. The summed E-state index contributed by atoms with van der Waals surface area (Å²) in [7, 11) is 1.35. The van der Waals surface area contributed by atoms with Crippen molar-refractivity contribution in [2.24, 2.45) is 5.92 Å². The standard InChI is InChI=1S/C14H18FNO3/c1-9(2)6-14(18)16-8-12(17)10-4-5-13(19-3)11(15)7-10/h4-5,7,9H,6,8H2,1-3H3,(H,16,18). The molecular weight excluding hydrogens is 249 g/mol. The monoisotopic (exact) mass is 267 g/mol. The first kappa shape index (κ1) is 15.1. The second-order valence-electron chi connectivity index (χ2n) is 4.65. The van der Waals surface area contributed by atoms with Crippen LogP contribution in [0.5, 0.6) is 5.75 Å². The van der Waals surface area contributed by atoms with Gasteiger partial charge in [0.25, 0.3) is 0 Å². The minimum atomic E-state index is -0.596. The van der Waals surface area contributed by atoms with Gasteiger partial charge in [-0.2, -0.15) is 0 Å². The van der Waals surface area contributed by atoms with Gasteiger partial charge in [-0.15, -0.1) is 0 Å². The van der Waals surface area contributed by atoms with E-state index in [1.165, 1.54) is 19.2 Å². The van der Waals surface area contributed by atoms with Gasteiger partial charge in [0.15, 0.2) is 17.3 Å². The molecule has 104 valence electrons. The molecule has 0 aromatic heterocycles. The Bertz CT molecular complexity index is 472. The third kappa shape index (κ3) is 4.69. The van der Waals surface area contributed by atoms with Crippen LogP contribution in [-0.2, 0) is 4.79 Å². The fraction of sp³-hybridized carbons (Fsp3) is 0.429. The molecule has 0 aliphatic rings. The number of carbonyl (C=O) groups is 2. The van der Waals surface area contributed by atoms with E-state index in [0.29, 0.717) is 6.42 Å². The van der Waals surface area contributed by atoms with Gasteiger partial charge in [-0.25, -0.2) is 4.39 Å². The lowest BCUT2D eigenvalue weighted by Crippen LogP contribution is -2.30. The maximum Gasteiger partial charge on any atom is 0.220 e. The molecule has 1 aromatic carbocycles. The van der Waals surface area contributed by atoms with E-state index >= 15 is 0 Å². The van der Waals surface area contributed by atoms with E-state index in [-0.39, 0.29) is 35.5 Å². The van der Waals surface area contributed by atoms with E-state index in [4.69, 9.17) is 4.74 Å². The third-order valence-corrected chi connectivity index (χ3v) is 2.51. The molecule has 0 saturated heterocycles. The summed E-state index contributed by atoms with van der Waals surface area (Å²) in [6.07, 6.45) is 0.365. The molecule has 0 heterocycles. The van der Waals surface area contributed by atoms with Crippen molar-refractivity contribution in [3.8, 4) is 5.75 Å². The lowest BCUT2D eigenvalue weighted by atomic mass is 10.1. The smallest absolute Gasteiger partial charge is 0.220 e. The molecule has 0 aliphatic heterocycles. The molecule has 0 atom stereocenters. The minimum Gasteiger partial charge on any atom is -0.494 e. The van der Waals surface area contributed by atoms with Crippen molar-refractivity contribution in [1.29, 1.82) is 0 Å². The highest BCUT2D eigenvalue weighted by Gasteiger charge is 2.12. The van der Waals surface area contributed by atoms with Crippen LogP contribution in [0.2, 0.25) is 0 Å². The van der Waals surface area contributed by atoms with Crippen LogP contribution in [0.15, 0.2) is 18.2 Å². The third-order valence-electron chi connectivity index (χ3n) is 2.51. The Morgan fingerprint density at radius 2 is 2.05 bits per heavy atom. The first-order chi connectivity index (χ1) is 8.93. The molecule has 1 aromatic rings.